The molecule has 0 aliphatic carbocycles. The normalized spacial score (nSPS) is 23.0. The van der Waals surface area contributed by atoms with E-state index in [9.17, 15) is 0 Å². The summed E-state index contributed by atoms with van der Waals surface area (Å²) in [6.45, 7) is 6.45. The topological polar surface area (TPSA) is 31.4 Å². The minimum absolute atomic E-state index is 0.478. The smallest absolute Gasteiger partial charge is 0.164 e. The standard InChI is InChI=1S/C19H18ClNO2S/c1-18(2)22-11-19(3,23-18)13-4-6-21-16(9-13)15-10-14(20)8-12-5-7-24-17(12)15/h4-10H,11H2,1-3H3. The predicted octanol–water partition coefficient (Wildman–Crippen LogP) is 5.61. The number of hydrogen-bond acceptors (Lipinski definition) is 4. The van der Waals surface area contributed by atoms with Gasteiger partial charge in [-0.3, -0.25) is 4.98 Å². The molecule has 0 spiro atoms. The van der Waals surface area contributed by atoms with Gasteiger partial charge in [0, 0.05) is 21.5 Å². The SMILES string of the molecule is CC1(C)OCC(C)(c2ccnc(-c3cc(Cl)cc4ccsc34)c2)O1. The van der Waals surface area contributed by atoms with Crippen LogP contribution in [0.25, 0.3) is 21.3 Å². The molecule has 1 aliphatic rings. The van der Waals surface area contributed by atoms with E-state index in [2.05, 4.69) is 29.4 Å². The summed E-state index contributed by atoms with van der Waals surface area (Å²) in [5, 5.41) is 3.94. The zero-order chi connectivity index (χ0) is 16.9. The van der Waals surface area contributed by atoms with E-state index >= 15 is 0 Å². The van der Waals surface area contributed by atoms with Gasteiger partial charge in [0.25, 0.3) is 0 Å². The molecule has 3 heterocycles. The Kier molecular flexibility index (Phi) is 3.69. The Hall–Kier alpha value is -1.46. The number of rotatable bonds is 2. The molecule has 1 saturated heterocycles. The van der Waals surface area contributed by atoms with Gasteiger partial charge in [-0.1, -0.05) is 11.6 Å². The summed E-state index contributed by atoms with van der Waals surface area (Å²) >= 11 is 7.99. The highest BCUT2D eigenvalue weighted by Crippen LogP contribution is 2.40. The fourth-order valence-corrected chi connectivity index (χ4v) is 4.33. The fraction of sp³-hybridized carbons (Fsp3) is 0.316. The highest BCUT2D eigenvalue weighted by Gasteiger charge is 2.43. The highest BCUT2D eigenvalue weighted by molar-refractivity contribution is 7.17. The van der Waals surface area contributed by atoms with Crippen molar-refractivity contribution in [3.63, 3.8) is 0 Å². The first-order valence-electron chi connectivity index (χ1n) is 7.84. The molecule has 1 fully saturated rings. The molecule has 3 nitrogen and oxygen atoms in total. The average molecular weight is 360 g/mol. The Morgan fingerprint density at radius 1 is 1.17 bits per heavy atom. The molecule has 0 radical (unpaired) electrons. The van der Waals surface area contributed by atoms with Crippen LogP contribution in [0.1, 0.15) is 26.3 Å². The number of nitrogens with zero attached hydrogens (tertiary/aromatic N) is 1. The van der Waals surface area contributed by atoms with E-state index in [1.165, 1.54) is 4.70 Å². The molecule has 0 amide bonds. The first-order chi connectivity index (χ1) is 11.4. The van der Waals surface area contributed by atoms with Crippen LogP contribution in [0.15, 0.2) is 41.9 Å². The maximum absolute atomic E-state index is 6.29. The summed E-state index contributed by atoms with van der Waals surface area (Å²) < 4.78 is 13.1. The van der Waals surface area contributed by atoms with E-state index in [0.29, 0.717) is 6.61 Å². The summed E-state index contributed by atoms with van der Waals surface area (Å²) in [7, 11) is 0. The van der Waals surface area contributed by atoms with Gasteiger partial charge >= 0.3 is 0 Å². The maximum Gasteiger partial charge on any atom is 0.164 e. The zero-order valence-corrected chi connectivity index (χ0v) is 15.4. The van der Waals surface area contributed by atoms with E-state index in [-0.39, 0.29) is 0 Å². The molecule has 4 rings (SSSR count). The van der Waals surface area contributed by atoms with E-state index in [0.717, 1.165) is 27.2 Å². The second kappa shape index (κ2) is 5.53. The fourth-order valence-electron chi connectivity index (χ4n) is 3.20. The van der Waals surface area contributed by atoms with Gasteiger partial charge < -0.3 is 9.47 Å². The summed E-state index contributed by atoms with van der Waals surface area (Å²) in [5.74, 6) is -0.574. The van der Waals surface area contributed by atoms with Crippen molar-refractivity contribution in [2.24, 2.45) is 0 Å². The Bertz CT molecular complexity index is 921. The summed E-state index contributed by atoms with van der Waals surface area (Å²) in [5.41, 5.74) is 2.53. The molecule has 24 heavy (non-hydrogen) atoms. The van der Waals surface area contributed by atoms with E-state index in [1.807, 2.05) is 38.2 Å². The van der Waals surface area contributed by atoms with Crippen LogP contribution in [0.3, 0.4) is 0 Å². The zero-order valence-electron chi connectivity index (χ0n) is 13.8. The number of pyridine rings is 1. The Morgan fingerprint density at radius 2 is 2.00 bits per heavy atom. The lowest BCUT2D eigenvalue weighted by Gasteiger charge is -2.25. The minimum Gasteiger partial charge on any atom is -0.347 e. The first-order valence-corrected chi connectivity index (χ1v) is 9.10. The lowest BCUT2D eigenvalue weighted by Crippen LogP contribution is -2.28. The van der Waals surface area contributed by atoms with Gasteiger partial charge in [0.2, 0.25) is 0 Å². The lowest BCUT2D eigenvalue weighted by molar-refractivity contribution is -0.159. The quantitative estimate of drug-likeness (QED) is 0.595. The molecule has 124 valence electrons. The van der Waals surface area contributed by atoms with Gasteiger partial charge in [0.05, 0.1) is 12.3 Å². The van der Waals surface area contributed by atoms with Crippen LogP contribution >= 0.6 is 22.9 Å². The third kappa shape index (κ3) is 2.74. The molecule has 0 bridgehead atoms. The van der Waals surface area contributed by atoms with E-state index in [4.69, 9.17) is 21.1 Å². The van der Waals surface area contributed by atoms with Gasteiger partial charge in [-0.15, -0.1) is 11.3 Å². The van der Waals surface area contributed by atoms with Crippen LogP contribution in [0.5, 0.6) is 0 Å². The molecule has 3 aromatic rings. The molecule has 5 heteroatoms. The lowest BCUT2D eigenvalue weighted by atomic mass is 9.96. The number of halogens is 1. The van der Waals surface area contributed by atoms with Crippen LogP contribution in [0, 0.1) is 0 Å². The van der Waals surface area contributed by atoms with Crippen LogP contribution in [0.4, 0.5) is 0 Å². The minimum atomic E-state index is -0.574. The predicted molar refractivity (Wildman–Crippen MR) is 98.5 cm³/mol. The van der Waals surface area contributed by atoms with Crippen LogP contribution in [-0.2, 0) is 15.1 Å². The number of thiophene rings is 1. The number of hydrogen-bond donors (Lipinski definition) is 0. The molecule has 1 aromatic carbocycles. The summed E-state index contributed by atoms with van der Waals surface area (Å²) in [6.07, 6.45) is 1.82. The molecule has 1 unspecified atom stereocenters. The number of aromatic nitrogens is 1. The van der Waals surface area contributed by atoms with Crippen molar-refractivity contribution in [2.45, 2.75) is 32.2 Å². The molecule has 0 N–H and O–H groups in total. The van der Waals surface area contributed by atoms with Crippen LogP contribution < -0.4 is 0 Å². The third-order valence-corrected chi connectivity index (χ3v) is 5.51. The van der Waals surface area contributed by atoms with Crippen molar-refractivity contribution in [1.82, 2.24) is 4.98 Å². The summed E-state index contributed by atoms with van der Waals surface area (Å²) in [4.78, 5) is 4.57. The van der Waals surface area contributed by atoms with E-state index in [1.54, 1.807) is 11.3 Å². The largest absolute Gasteiger partial charge is 0.347 e. The molecule has 1 aliphatic heterocycles. The van der Waals surface area contributed by atoms with Crippen LogP contribution in [0.2, 0.25) is 5.02 Å². The Balaban J connectivity index is 1.82. The molecule has 1 atom stereocenters. The first kappa shape index (κ1) is 16.0. The van der Waals surface area contributed by atoms with Crippen molar-refractivity contribution < 1.29 is 9.47 Å². The number of fused-ring (bicyclic) bond motifs is 1. The molecular weight excluding hydrogens is 342 g/mol. The van der Waals surface area contributed by atoms with Crippen molar-refractivity contribution in [2.75, 3.05) is 6.61 Å². The van der Waals surface area contributed by atoms with Gasteiger partial charge in [0.15, 0.2) is 5.79 Å². The van der Waals surface area contributed by atoms with Crippen molar-refractivity contribution in [3.05, 3.63) is 52.5 Å². The molecule has 0 saturated carbocycles. The Labute approximate surface area is 150 Å². The van der Waals surface area contributed by atoms with Crippen molar-refractivity contribution in [1.29, 1.82) is 0 Å². The summed E-state index contributed by atoms with van der Waals surface area (Å²) in [6, 6.07) is 10.1. The molecular formula is C19H18ClNO2S. The van der Waals surface area contributed by atoms with Gasteiger partial charge in [-0.05, 0) is 67.4 Å². The van der Waals surface area contributed by atoms with Crippen LogP contribution in [-0.4, -0.2) is 17.4 Å². The molecule has 2 aromatic heterocycles. The monoisotopic (exact) mass is 359 g/mol. The van der Waals surface area contributed by atoms with Crippen molar-refractivity contribution >= 4 is 33.0 Å². The number of ether oxygens (including phenoxy) is 2. The van der Waals surface area contributed by atoms with Crippen molar-refractivity contribution in [3.8, 4) is 11.3 Å². The second-order valence-corrected chi connectivity index (χ2v) is 8.10. The Morgan fingerprint density at radius 3 is 2.75 bits per heavy atom. The number of benzene rings is 1. The average Bonchev–Trinajstić information content (AvgIpc) is 3.11. The van der Waals surface area contributed by atoms with Gasteiger partial charge in [0.1, 0.15) is 5.60 Å². The van der Waals surface area contributed by atoms with Gasteiger partial charge in [-0.2, -0.15) is 0 Å². The third-order valence-electron chi connectivity index (χ3n) is 4.33. The van der Waals surface area contributed by atoms with E-state index < -0.39 is 11.4 Å². The second-order valence-electron chi connectivity index (χ2n) is 6.74. The maximum atomic E-state index is 6.29. The van der Waals surface area contributed by atoms with Gasteiger partial charge in [-0.25, -0.2) is 0 Å². The highest BCUT2D eigenvalue weighted by atomic mass is 35.5.